The van der Waals surface area contributed by atoms with Gasteiger partial charge in [0.2, 0.25) is 6.41 Å². The molecule has 2 unspecified atom stereocenters. The van der Waals surface area contributed by atoms with Gasteiger partial charge >= 0.3 is 0 Å². The predicted octanol–water partition coefficient (Wildman–Crippen LogP) is -0.746. The normalized spacial score (nSPS) is 35.0. The molecule has 3 atom stereocenters. The number of hydrogen-bond donors (Lipinski definition) is 3. The van der Waals surface area contributed by atoms with Crippen LogP contribution >= 0.6 is 0 Å². The molecule has 0 aromatic carbocycles. The minimum absolute atomic E-state index is 0.349. The van der Waals surface area contributed by atoms with Crippen LogP contribution in [0.15, 0.2) is 0 Å². The Morgan fingerprint density at radius 1 is 1.33 bits per heavy atom. The topological polar surface area (TPSA) is 69.6 Å². The van der Waals surface area contributed by atoms with Crippen molar-refractivity contribution < 1.29 is 15.0 Å². The van der Waals surface area contributed by atoms with E-state index in [4.69, 9.17) is 0 Å². The molecule has 4 heteroatoms. The van der Waals surface area contributed by atoms with Gasteiger partial charge in [0.25, 0.3) is 0 Å². The first kappa shape index (κ1) is 9.48. The van der Waals surface area contributed by atoms with Gasteiger partial charge in [0.05, 0.1) is 12.2 Å². The number of carbonyl (C=O) groups excluding carboxylic acids is 1. The summed E-state index contributed by atoms with van der Waals surface area (Å²) in [7, 11) is 0. The van der Waals surface area contributed by atoms with Crippen LogP contribution in [0.25, 0.3) is 0 Å². The zero-order valence-electron chi connectivity index (χ0n) is 6.94. The molecule has 0 heterocycles. The summed E-state index contributed by atoms with van der Waals surface area (Å²) < 4.78 is 0. The van der Waals surface area contributed by atoms with Crippen molar-refractivity contribution in [3.8, 4) is 0 Å². The molecule has 0 aliphatic heterocycles. The number of aliphatic hydroxyl groups excluding tert-OH is 2. The summed E-state index contributed by atoms with van der Waals surface area (Å²) in [6.07, 6.45) is 1.69. The molecule has 1 saturated carbocycles. The van der Waals surface area contributed by atoms with E-state index in [2.05, 4.69) is 5.32 Å². The maximum Gasteiger partial charge on any atom is 0.207 e. The fraction of sp³-hybridized carbons (Fsp3) is 0.875. The number of rotatable bonds is 4. The molecule has 0 radical (unpaired) electrons. The first-order valence-corrected chi connectivity index (χ1v) is 4.27. The molecule has 0 spiro atoms. The average Bonchev–Trinajstić information content (AvgIpc) is 2.32. The third-order valence-corrected chi connectivity index (χ3v) is 2.37. The van der Waals surface area contributed by atoms with E-state index in [9.17, 15) is 15.0 Å². The number of carbonyl (C=O) groups is 1. The van der Waals surface area contributed by atoms with Crippen molar-refractivity contribution in [3.63, 3.8) is 0 Å². The lowest BCUT2D eigenvalue weighted by molar-refractivity contribution is -0.109. The Bertz CT molecular complexity index is 141. The number of nitrogens with one attached hydrogen (secondary N) is 1. The summed E-state index contributed by atoms with van der Waals surface area (Å²) in [6, 6.07) is 0. The van der Waals surface area contributed by atoms with E-state index in [1.165, 1.54) is 0 Å². The van der Waals surface area contributed by atoms with Crippen LogP contribution < -0.4 is 5.32 Å². The first-order chi connectivity index (χ1) is 5.74. The van der Waals surface area contributed by atoms with Gasteiger partial charge in [-0.1, -0.05) is 0 Å². The van der Waals surface area contributed by atoms with Gasteiger partial charge in [-0.25, -0.2) is 0 Å². The van der Waals surface area contributed by atoms with Crippen molar-refractivity contribution >= 4 is 6.41 Å². The molecule has 12 heavy (non-hydrogen) atoms. The molecule has 0 aromatic rings. The summed E-state index contributed by atoms with van der Waals surface area (Å²) in [5, 5.41) is 20.9. The van der Waals surface area contributed by atoms with Crippen LogP contribution in [0.4, 0.5) is 0 Å². The lowest BCUT2D eigenvalue weighted by Gasteiger charge is -2.06. The first-order valence-electron chi connectivity index (χ1n) is 4.27. The summed E-state index contributed by atoms with van der Waals surface area (Å²) in [4.78, 5) is 9.90. The Balaban J connectivity index is 2.14. The largest absolute Gasteiger partial charge is 0.390 e. The minimum atomic E-state index is -0.564. The van der Waals surface area contributed by atoms with E-state index < -0.39 is 12.2 Å². The van der Waals surface area contributed by atoms with E-state index in [-0.39, 0.29) is 0 Å². The second-order valence-electron chi connectivity index (χ2n) is 3.33. The zero-order chi connectivity index (χ0) is 8.97. The molecular formula is C8H15NO3. The van der Waals surface area contributed by atoms with Gasteiger partial charge in [-0.05, 0) is 25.2 Å². The SMILES string of the molecule is O=CNCCC1CC(O)[C@@H](O)C1. The summed E-state index contributed by atoms with van der Waals surface area (Å²) in [5.74, 6) is 0.349. The standard InChI is InChI=1S/C8H15NO3/c10-5-9-2-1-6-3-7(11)8(12)4-6/h5-8,11-12H,1-4H2,(H,9,10)/t6?,7-,8?/m0/s1. The van der Waals surface area contributed by atoms with Crippen molar-refractivity contribution in [1.82, 2.24) is 5.32 Å². The van der Waals surface area contributed by atoms with Gasteiger partial charge in [0.1, 0.15) is 0 Å². The van der Waals surface area contributed by atoms with Gasteiger partial charge in [-0.2, -0.15) is 0 Å². The summed E-state index contributed by atoms with van der Waals surface area (Å²) in [5.41, 5.74) is 0. The highest BCUT2D eigenvalue weighted by Crippen LogP contribution is 2.27. The summed E-state index contributed by atoms with van der Waals surface area (Å²) in [6.45, 7) is 0.633. The van der Waals surface area contributed by atoms with Gasteiger partial charge < -0.3 is 15.5 Å². The van der Waals surface area contributed by atoms with Crippen molar-refractivity contribution in [2.75, 3.05) is 6.54 Å². The Hall–Kier alpha value is -0.610. The molecule has 4 nitrogen and oxygen atoms in total. The Kier molecular flexibility index (Phi) is 3.49. The van der Waals surface area contributed by atoms with Crippen molar-refractivity contribution in [3.05, 3.63) is 0 Å². The Morgan fingerprint density at radius 2 is 1.92 bits per heavy atom. The fourth-order valence-corrected chi connectivity index (χ4v) is 1.68. The van der Waals surface area contributed by atoms with Crippen LogP contribution in [0.3, 0.4) is 0 Å². The molecule has 1 rings (SSSR count). The average molecular weight is 173 g/mol. The second-order valence-corrected chi connectivity index (χ2v) is 3.33. The van der Waals surface area contributed by atoms with E-state index in [1.54, 1.807) is 0 Å². The zero-order valence-corrected chi connectivity index (χ0v) is 6.94. The second kappa shape index (κ2) is 4.42. The van der Waals surface area contributed by atoms with Gasteiger partial charge in [0, 0.05) is 6.54 Å². The molecule has 1 fully saturated rings. The number of hydrogen-bond acceptors (Lipinski definition) is 3. The molecule has 1 aliphatic carbocycles. The van der Waals surface area contributed by atoms with Gasteiger partial charge in [-0.3, -0.25) is 4.79 Å². The van der Waals surface area contributed by atoms with Crippen LogP contribution in [-0.4, -0.2) is 35.4 Å². The molecule has 0 saturated heterocycles. The van der Waals surface area contributed by atoms with Crippen LogP contribution in [0, 0.1) is 5.92 Å². The highest BCUT2D eigenvalue weighted by Gasteiger charge is 2.30. The highest BCUT2D eigenvalue weighted by molar-refractivity contribution is 5.45. The fourth-order valence-electron chi connectivity index (χ4n) is 1.68. The van der Waals surface area contributed by atoms with Crippen LogP contribution in [-0.2, 0) is 4.79 Å². The van der Waals surface area contributed by atoms with Crippen molar-refractivity contribution in [2.45, 2.75) is 31.5 Å². The van der Waals surface area contributed by atoms with E-state index in [0.29, 0.717) is 31.7 Å². The molecular weight excluding hydrogens is 158 g/mol. The van der Waals surface area contributed by atoms with Crippen LogP contribution in [0.1, 0.15) is 19.3 Å². The third kappa shape index (κ3) is 2.46. The van der Waals surface area contributed by atoms with E-state index >= 15 is 0 Å². The van der Waals surface area contributed by atoms with E-state index in [1.807, 2.05) is 0 Å². The molecule has 1 aliphatic rings. The highest BCUT2D eigenvalue weighted by atomic mass is 16.3. The summed E-state index contributed by atoms with van der Waals surface area (Å²) >= 11 is 0. The van der Waals surface area contributed by atoms with Crippen LogP contribution in [0.5, 0.6) is 0 Å². The minimum Gasteiger partial charge on any atom is -0.390 e. The lowest BCUT2D eigenvalue weighted by atomic mass is 10.0. The Labute approximate surface area is 71.6 Å². The van der Waals surface area contributed by atoms with Crippen molar-refractivity contribution in [2.24, 2.45) is 5.92 Å². The van der Waals surface area contributed by atoms with Gasteiger partial charge in [0.15, 0.2) is 0 Å². The maximum absolute atomic E-state index is 9.90. The smallest absolute Gasteiger partial charge is 0.207 e. The van der Waals surface area contributed by atoms with Crippen LogP contribution in [0.2, 0.25) is 0 Å². The quantitative estimate of drug-likeness (QED) is 0.387. The third-order valence-electron chi connectivity index (χ3n) is 2.37. The van der Waals surface area contributed by atoms with Gasteiger partial charge in [-0.15, -0.1) is 0 Å². The van der Waals surface area contributed by atoms with Crippen molar-refractivity contribution in [1.29, 1.82) is 0 Å². The maximum atomic E-state index is 9.90. The monoisotopic (exact) mass is 173 g/mol. The molecule has 0 aromatic heterocycles. The Morgan fingerprint density at radius 3 is 2.42 bits per heavy atom. The van der Waals surface area contributed by atoms with E-state index in [0.717, 1.165) is 6.42 Å². The molecule has 0 bridgehead atoms. The number of aliphatic hydroxyl groups is 2. The number of amides is 1. The molecule has 1 amide bonds. The predicted molar refractivity (Wildman–Crippen MR) is 43.4 cm³/mol. The molecule has 70 valence electrons. The lowest BCUT2D eigenvalue weighted by Crippen LogP contribution is -2.17. The molecule has 3 N–H and O–H groups in total.